The minimum absolute atomic E-state index is 0.0970. The Labute approximate surface area is 211 Å². The second kappa shape index (κ2) is 12.5. The molecular weight excluding hydrogens is 456 g/mol. The van der Waals surface area contributed by atoms with Crippen LogP contribution >= 0.6 is 0 Å². The van der Waals surface area contributed by atoms with Crippen LogP contribution in [0.1, 0.15) is 30.9 Å². The summed E-state index contributed by atoms with van der Waals surface area (Å²) in [5.41, 5.74) is 2.97. The van der Waals surface area contributed by atoms with Crippen molar-refractivity contribution in [2.24, 2.45) is 5.92 Å². The summed E-state index contributed by atoms with van der Waals surface area (Å²) in [7, 11) is 0. The van der Waals surface area contributed by atoms with E-state index in [1.807, 2.05) is 61.5 Å². The van der Waals surface area contributed by atoms with Gasteiger partial charge in [0.15, 0.2) is 5.78 Å². The number of Topliss-reactive ketones (excluding diaryl/α,β-unsaturated/α-hetero) is 1. The number of carboxylic acids is 1. The van der Waals surface area contributed by atoms with E-state index in [1.54, 1.807) is 13.8 Å². The Bertz CT molecular complexity index is 1210. The van der Waals surface area contributed by atoms with Gasteiger partial charge in [-0.05, 0) is 36.8 Å². The molecule has 1 atom stereocenters. The van der Waals surface area contributed by atoms with E-state index in [-0.39, 0.29) is 18.1 Å². The molecule has 0 saturated heterocycles. The van der Waals surface area contributed by atoms with Crippen LogP contribution in [0, 0.1) is 12.8 Å². The number of aromatic nitrogens is 1. The highest BCUT2D eigenvalue weighted by atomic mass is 16.5. The normalized spacial score (nSPS) is 12.3. The molecule has 188 valence electrons. The first kappa shape index (κ1) is 26.5. The molecule has 3 rings (SSSR count). The third-order valence-electron chi connectivity index (χ3n) is 5.65. The predicted molar refractivity (Wildman–Crippen MR) is 139 cm³/mol. The molecule has 1 unspecified atom stereocenters. The Morgan fingerprint density at radius 3 is 2.44 bits per heavy atom. The maximum absolute atomic E-state index is 12.2. The lowest BCUT2D eigenvalue weighted by Crippen LogP contribution is -2.35. The molecule has 2 aromatic carbocycles. The monoisotopic (exact) mass is 488 g/mol. The summed E-state index contributed by atoms with van der Waals surface area (Å²) >= 11 is 0. The smallest absolute Gasteiger partial charge is 0.326 e. The predicted octanol–water partition coefficient (Wildman–Crippen LogP) is 5.15. The molecule has 0 aliphatic carbocycles. The van der Waals surface area contributed by atoms with Crippen LogP contribution in [0.25, 0.3) is 11.5 Å². The van der Waals surface area contributed by atoms with Crippen molar-refractivity contribution in [1.29, 1.82) is 0 Å². The van der Waals surface area contributed by atoms with Gasteiger partial charge in [0.05, 0.1) is 12.3 Å². The second-order valence-corrected chi connectivity index (χ2v) is 8.71. The number of oxazole rings is 1. The van der Waals surface area contributed by atoms with Gasteiger partial charge in [-0.25, -0.2) is 9.78 Å². The van der Waals surface area contributed by atoms with Gasteiger partial charge in [0.2, 0.25) is 5.89 Å². The van der Waals surface area contributed by atoms with Crippen LogP contribution in [0.15, 0.2) is 83.4 Å². The van der Waals surface area contributed by atoms with Crippen molar-refractivity contribution in [3.8, 4) is 17.2 Å². The topological polar surface area (TPSA) is 102 Å². The fourth-order valence-corrected chi connectivity index (χ4v) is 3.56. The first-order valence-corrected chi connectivity index (χ1v) is 11.9. The van der Waals surface area contributed by atoms with Crippen molar-refractivity contribution in [1.82, 2.24) is 10.3 Å². The van der Waals surface area contributed by atoms with Gasteiger partial charge in [-0.2, -0.15) is 0 Å². The van der Waals surface area contributed by atoms with Gasteiger partial charge < -0.3 is 19.6 Å². The lowest BCUT2D eigenvalue weighted by atomic mass is 10.0. The molecule has 1 aromatic heterocycles. The van der Waals surface area contributed by atoms with E-state index in [0.717, 1.165) is 22.6 Å². The standard InChI is InChI=1S/C29H32N2O5/c1-5-22(27(32)19(2)3)18-30-26(29(33)34)17-21-11-13-24(14-12-21)35-16-15-25-20(4)36-28(31-25)23-9-7-6-8-10-23/h5-14,18-19,26,30H,1,15-17H2,2-4H3,(H,33,34)/b22-18+. The van der Waals surface area contributed by atoms with Crippen LogP contribution in [-0.2, 0) is 22.4 Å². The van der Waals surface area contributed by atoms with E-state index in [0.29, 0.717) is 30.2 Å². The Kier molecular flexibility index (Phi) is 9.22. The van der Waals surface area contributed by atoms with Crippen molar-refractivity contribution in [2.45, 2.75) is 39.7 Å². The number of ether oxygens (including phenoxy) is 1. The zero-order chi connectivity index (χ0) is 26.1. The van der Waals surface area contributed by atoms with Crippen molar-refractivity contribution in [3.63, 3.8) is 0 Å². The average molecular weight is 489 g/mol. The summed E-state index contributed by atoms with van der Waals surface area (Å²) in [6, 6.07) is 16.1. The van der Waals surface area contributed by atoms with Gasteiger partial charge in [-0.1, -0.05) is 56.8 Å². The van der Waals surface area contributed by atoms with Crippen molar-refractivity contribution in [3.05, 3.63) is 96.0 Å². The highest BCUT2D eigenvalue weighted by molar-refractivity contribution is 5.99. The number of aliphatic carboxylic acids is 1. The Balaban J connectivity index is 1.55. The average Bonchev–Trinajstić information content (AvgIpc) is 3.25. The lowest BCUT2D eigenvalue weighted by Gasteiger charge is -2.15. The van der Waals surface area contributed by atoms with E-state index < -0.39 is 12.0 Å². The molecule has 0 spiro atoms. The molecule has 1 heterocycles. The minimum Gasteiger partial charge on any atom is -0.493 e. The highest BCUT2D eigenvalue weighted by Gasteiger charge is 2.18. The quantitative estimate of drug-likeness (QED) is 0.253. The van der Waals surface area contributed by atoms with Crippen molar-refractivity contribution in [2.75, 3.05) is 6.61 Å². The number of allylic oxidation sites excluding steroid dienone is 2. The summed E-state index contributed by atoms with van der Waals surface area (Å²) in [6.07, 6.45) is 3.71. The zero-order valence-electron chi connectivity index (χ0n) is 20.9. The maximum atomic E-state index is 12.2. The van der Waals surface area contributed by atoms with Gasteiger partial charge >= 0.3 is 5.97 Å². The number of hydrogen-bond acceptors (Lipinski definition) is 6. The minimum atomic E-state index is -1.01. The fourth-order valence-electron chi connectivity index (χ4n) is 3.56. The van der Waals surface area contributed by atoms with E-state index >= 15 is 0 Å². The van der Waals surface area contributed by atoms with Crippen LogP contribution in [0.4, 0.5) is 0 Å². The van der Waals surface area contributed by atoms with Crippen LogP contribution in [-0.4, -0.2) is 34.5 Å². The van der Waals surface area contributed by atoms with Gasteiger partial charge in [-0.15, -0.1) is 0 Å². The fraction of sp³-hybridized carbons (Fsp3) is 0.276. The van der Waals surface area contributed by atoms with Gasteiger partial charge in [0.25, 0.3) is 0 Å². The SMILES string of the molecule is C=C/C(=C\NC(Cc1ccc(OCCc2nc(-c3ccccc3)oc2C)cc1)C(=O)O)C(=O)C(C)C. The number of nitrogens with zero attached hydrogens (tertiary/aromatic N) is 1. The number of aryl methyl sites for hydroxylation is 1. The van der Waals surface area contributed by atoms with E-state index in [2.05, 4.69) is 16.9 Å². The lowest BCUT2D eigenvalue weighted by molar-refractivity contribution is -0.139. The molecule has 7 heteroatoms. The van der Waals surface area contributed by atoms with E-state index in [4.69, 9.17) is 9.15 Å². The van der Waals surface area contributed by atoms with Crippen LogP contribution < -0.4 is 10.1 Å². The summed E-state index contributed by atoms with van der Waals surface area (Å²) in [6.45, 7) is 9.54. The summed E-state index contributed by atoms with van der Waals surface area (Å²) < 4.78 is 11.7. The summed E-state index contributed by atoms with van der Waals surface area (Å²) in [4.78, 5) is 28.5. The highest BCUT2D eigenvalue weighted by Crippen LogP contribution is 2.22. The number of hydrogen-bond donors (Lipinski definition) is 2. The van der Waals surface area contributed by atoms with Gasteiger partial charge in [0.1, 0.15) is 17.6 Å². The van der Waals surface area contributed by atoms with Crippen LogP contribution in [0.2, 0.25) is 0 Å². The van der Waals surface area contributed by atoms with E-state index in [9.17, 15) is 14.7 Å². The molecule has 36 heavy (non-hydrogen) atoms. The molecule has 0 saturated carbocycles. The van der Waals surface area contributed by atoms with Gasteiger partial charge in [0, 0.05) is 36.1 Å². The number of ketones is 1. The van der Waals surface area contributed by atoms with Gasteiger partial charge in [-0.3, -0.25) is 4.79 Å². The summed E-state index contributed by atoms with van der Waals surface area (Å²) in [5, 5.41) is 12.4. The molecule has 0 aliphatic heterocycles. The number of carbonyl (C=O) groups excluding carboxylic acids is 1. The number of carbonyl (C=O) groups is 2. The third kappa shape index (κ3) is 7.18. The van der Waals surface area contributed by atoms with Crippen molar-refractivity contribution >= 4 is 11.8 Å². The van der Waals surface area contributed by atoms with Crippen LogP contribution in [0.3, 0.4) is 0 Å². The first-order chi connectivity index (χ1) is 17.3. The second-order valence-electron chi connectivity index (χ2n) is 8.71. The molecule has 7 nitrogen and oxygen atoms in total. The third-order valence-corrected chi connectivity index (χ3v) is 5.65. The molecule has 0 bridgehead atoms. The number of nitrogens with one attached hydrogen (secondary N) is 1. The largest absolute Gasteiger partial charge is 0.493 e. The number of carboxylic acid groups (broad SMARTS) is 1. The molecule has 0 fully saturated rings. The number of benzene rings is 2. The molecule has 3 aromatic rings. The van der Waals surface area contributed by atoms with Crippen LogP contribution in [0.5, 0.6) is 5.75 Å². The Morgan fingerprint density at radius 1 is 1.14 bits per heavy atom. The Hall–Kier alpha value is -4.13. The molecule has 0 amide bonds. The maximum Gasteiger partial charge on any atom is 0.326 e. The Morgan fingerprint density at radius 2 is 1.83 bits per heavy atom. The van der Waals surface area contributed by atoms with E-state index in [1.165, 1.54) is 12.3 Å². The first-order valence-electron chi connectivity index (χ1n) is 11.9. The summed E-state index contributed by atoms with van der Waals surface area (Å²) in [5.74, 6) is 0.733. The molecule has 0 aliphatic rings. The molecule has 2 N–H and O–H groups in total. The molecular formula is C29H32N2O5. The van der Waals surface area contributed by atoms with Crippen molar-refractivity contribution < 1.29 is 23.8 Å². The number of rotatable bonds is 13. The zero-order valence-corrected chi connectivity index (χ0v) is 20.9. The molecule has 0 radical (unpaired) electrons.